The van der Waals surface area contributed by atoms with Crippen molar-refractivity contribution in [1.82, 2.24) is 0 Å². The van der Waals surface area contributed by atoms with Crippen molar-refractivity contribution in [3.63, 3.8) is 0 Å². The summed E-state index contributed by atoms with van der Waals surface area (Å²) in [6.07, 6.45) is 3.47. The summed E-state index contributed by atoms with van der Waals surface area (Å²) in [5.74, 6) is -1.33. The van der Waals surface area contributed by atoms with Gasteiger partial charge in [-0.05, 0) is 53.6 Å². The first-order valence-electron chi connectivity index (χ1n) is 9.06. The molecule has 1 aliphatic heterocycles. The van der Waals surface area contributed by atoms with Gasteiger partial charge >= 0.3 is 5.97 Å². The van der Waals surface area contributed by atoms with E-state index in [0.717, 1.165) is 5.56 Å². The Bertz CT molecular complexity index is 1220. The average molecular weight is 436 g/mol. The fourth-order valence-corrected chi connectivity index (χ4v) is 3.72. The second kappa shape index (κ2) is 8.19. The fourth-order valence-electron chi connectivity index (χ4n) is 3.26. The summed E-state index contributed by atoms with van der Waals surface area (Å²) in [6.45, 7) is 0. The Morgan fingerprint density at radius 1 is 0.933 bits per heavy atom. The second-order valence-corrected chi connectivity index (χ2v) is 7.50. The van der Waals surface area contributed by atoms with Crippen LogP contribution < -0.4 is 4.90 Å². The Morgan fingerprint density at radius 2 is 1.70 bits per heavy atom. The number of carbonyl (C=O) groups excluding carboxylic acids is 1. The van der Waals surface area contributed by atoms with E-state index in [-0.39, 0.29) is 11.5 Å². The summed E-state index contributed by atoms with van der Waals surface area (Å²) >= 11 is 12.2. The fraction of sp³-hybridized carbons (Fsp3) is 0. The topological polar surface area (TPSA) is 57.6 Å². The molecule has 0 spiro atoms. The Kier molecular flexibility index (Phi) is 5.44. The van der Waals surface area contributed by atoms with Crippen molar-refractivity contribution in [2.75, 3.05) is 4.90 Å². The first-order chi connectivity index (χ1) is 14.4. The molecule has 30 heavy (non-hydrogen) atoms. The van der Waals surface area contributed by atoms with E-state index in [1.807, 2.05) is 30.3 Å². The number of aromatic carboxylic acids is 1. The number of nitrogens with zero attached hydrogens (tertiary/aromatic N) is 1. The van der Waals surface area contributed by atoms with Crippen LogP contribution in [0.4, 0.5) is 5.69 Å². The molecule has 3 aromatic rings. The second-order valence-electron chi connectivity index (χ2n) is 6.66. The molecule has 6 heteroatoms. The first kappa shape index (κ1) is 20.0. The number of carboxylic acid groups (broad SMARTS) is 1. The van der Waals surface area contributed by atoms with Crippen molar-refractivity contribution in [3.05, 3.63) is 111 Å². The highest BCUT2D eigenvalue weighted by Crippen LogP contribution is 2.36. The van der Waals surface area contributed by atoms with Gasteiger partial charge in [-0.1, -0.05) is 65.7 Å². The van der Waals surface area contributed by atoms with Gasteiger partial charge in [0.05, 0.1) is 16.9 Å². The first-order valence-corrected chi connectivity index (χ1v) is 9.81. The Labute approximate surface area is 183 Å². The van der Waals surface area contributed by atoms with E-state index in [1.54, 1.807) is 42.5 Å². The van der Waals surface area contributed by atoms with Crippen molar-refractivity contribution in [2.45, 2.75) is 0 Å². The standard InChI is InChI=1S/C24H15Cl2NO3/c25-19-10-9-16(21(26)14-19)11-18-13-22(15-5-2-1-3-6-15)27(23(18)28)20-8-4-7-17(12-20)24(29)30/h1-14H,(H,29,30)/b18-11+. The molecule has 1 N–H and O–H groups in total. The third kappa shape index (κ3) is 3.88. The lowest BCUT2D eigenvalue weighted by atomic mass is 10.1. The third-order valence-electron chi connectivity index (χ3n) is 4.68. The quantitative estimate of drug-likeness (QED) is 0.498. The molecular weight excluding hydrogens is 421 g/mol. The van der Waals surface area contributed by atoms with E-state index in [9.17, 15) is 14.7 Å². The van der Waals surface area contributed by atoms with E-state index in [1.165, 1.54) is 17.0 Å². The van der Waals surface area contributed by atoms with Gasteiger partial charge in [-0.25, -0.2) is 4.79 Å². The van der Waals surface area contributed by atoms with Gasteiger partial charge in [0, 0.05) is 15.6 Å². The molecule has 1 aliphatic rings. The number of rotatable bonds is 4. The summed E-state index contributed by atoms with van der Waals surface area (Å²) in [5, 5.41) is 10.3. The summed E-state index contributed by atoms with van der Waals surface area (Å²) in [7, 11) is 0. The SMILES string of the molecule is O=C(O)c1cccc(N2C(=O)/C(=C/c3ccc(Cl)cc3Cl)C=C2c2ccccc2)c1. The zero-order chi connectivity index (χ0) is 21.3. The van der Waals surface area contributed by atoms with Crippen LogP contribution in [-0.4, -0.2) is 17.0 Å². The number of carboxylic acids is 1. The number of carbonyl (C=O) groups is 2. The highest BCUT2D eigenvalue weighted by Gasteiger charge is 2.30. The summed E-state index contributed by atoms with van der Waals surface area (Å²) in [6, 6.07) is 20.8. The molecule has 0 fully saturated rings. The average Bonchev–Trinajstić information content (AvgIpc) is 3.07. The Balaban J connectivity index is 1.84. The highest BCUT2D eigenvalue weighted by atomic mass is 35.5. The summed E-state index contributed by atoms with van der Waals surface area (Å²) in [5.41, 5.74) is 3.15. The van der Waals surface area contributed by atoms with Crippen molar-refractivity contribution in [3.8, 4) is 0 Å². The van der Waals surface area contributed by atoms with Crippen LogP contribution in [0.25, 0.3) is 11.8 Å². The summed E-state index contributed by atoms with van der Waals surface area (Å²) < 4.78 is 0. The molecule has 148 valence electrons. The molecular formula is C24H15Cl2NO3. The van der Waals surface area contributed by atoms with Gasteiger partial charge in [-0.2, -0.15) is 0 Å². The highest BCUT2D eigenvalue weighted by molar-refractivity contribution is 6.35. The third-order valence-corrected chi connectivity index (χ3v) is 5.24. The smallest absolute Gasteiger partial charge is 0.335 e. The van der Waals surface area contributed by atoms with E-state index < -0.39 is 5.97 Å². The van der Waals surface area contributed by atoms with Crippen LogP contribution in [0, 0.1) is 0 Å². The van der Waals surface area contributed by atoms with Gasteiger partial charge in [0.25, 0.3) is 5.91 Å². The molecule has 0 saturated carbocycles. The summed E-state index contributed by atoms with van der Waals surface area (Å²) in [4.78, 5) is 26.3. The van der Waals surface area contributed by atoms with Gasteiger partial charge in [-0.15, -0.1) is 0 Å². The monoisotopic (exact) mass is 435 g/mol. The van der Waals surface area contributed by atoms with Crippen molar-refractivity contribution < 1.29 is 14.7 Å². The van der Waals surface area contributed by atoms with Gasteiger partial charge in [0.1, 0.15) is 0 Å². The lowest BCUT2D eigenvalue weighted by molar-refractivity contribution is -0.113. The van der Waals surface area contributed by atoms with Crippen molar-refractivity contribution in [2.24, 2.45) is 0 Å². The van der Waals surface area contributed by atoms with Gasteiger partial charge in [0.15, 0.2) is 0 Å². The molecule has 0 aromatic heterocycles. The minimum Gasteiger partial charge on any atom is -0.478 e. The molecule has 1 heterocycles. The van der Waals surface area contributed by atoms with Crippen LogP contribution in [0.3, 0.4) is 0 Å². The number of hydrogen-bond acceptors (Lipinski definition) is 2. The Morgan fingerprint density at radius 3 is 2.40 bits per heavy atom. The molecule has 3 aromatic carbocycles. The van der Waals surface area contributed by atoms with Crippen LogP contribution >= 0.6 is 23.2 Å². The van der Waals surface area contributed by atoms with Crippen LogP contribution in [0.5, 0.6) is 0 Å². The van der Waals surface area contributed by atoms with Gasteiger partial charge in [0.2, 0.25) is 0 Å². The van der Waals surface area contributed by atoms with Crippen LogP contribution in [0.1, 0.15) is 21.5 Å². The molecule has 0 radical (unpaired) electrons. The van der Waals surface area contributed by atoms with Crippen LogP contribution in [0.15, 0.2) is 84.4 Å². The molecule has 0 aliphatic carbocycles. The number of anilines is 1. The molecule has 0 bridgehead atoms. The Hall–Kier alpha value is -3.34. The zero-order valence-corrected chi connectivity index (χ0v) is 17.1. The number of benzene rings is 3. The minimum atomic E-state index is -1.06. The molecule has 0 unspecified atom stereocenters. The molecule has 4 nitrogen and oxygen atoms in total. The normalized spacial score (nSPS) is 14.9. The zero-order valence-electron chi connectivity index (χ0n) is 15.5. The van der Waals surface area contributed by atoms with E-state index in [2.05, 4.69) is 0 Å². The number of hydrogen-bond donors (Lipinski definition) is 1. The molecule has 4 rings (SSSR count). The van der Waals surface area contributed by atoms with Gasteiger partial charge < -0.3 is 5.11 Å². The van der Waals surface area contributed by atoms with Crippen LogP contribution in [-0.2, 0) is 4.79 Å². The predicted octanol–water partition coefficient (Wildman–Crippen LogP) is 6.16. The van der Waals surface area contributed by atoms with Gasteiger partial charge in [-0.3, -0.25) is 9.69 Å². The predicted molar refractivity (Wildman–Crippen MR) is 120 cm³/mol. The van der Waals surface area contributed by atoms with Crippen LogP contribution in [0.2, 0.25) is 10.0 Å². The molecule has 0 saturated heterocycles. The number of halogens is 2. The minimum absolute atomic E-state index is 0.103. The van der Waals surface area contributed by atoms with E-state index >= 15 is 0 Å². The lowest BCUT2D eigenvalue weighted by Crippen LogP contribution is -2.25. The van der Waals surface area contributed by atoms with Crippen molar-refractivity contribution in [1.29, 1.82) is 0 Å². The maximum absolute atomic E-state index is 13.3. The van der Waals surface area contributed by atoms with E-state index in [4.69, 9.17) is 23.2 Å². The molecule has 1 amide bonds. The lowest BCUT2D eigenvalue weighted by Gasteiger charge is -2.21. The largest absolute Gasteiger partial charge is 0.478 e. The van der Waals surface area contributed by atoms with Crippen molar-refractivity contribution >= 4 is 52.5 Å². The number of amides is 1. The maximum Gasteiger partial charge on any atom is 0.335 e. The maximum atomic E-state index is 13.3. The van der Waals surface area contributed by atoms with E-state index in [0.29, 0.717) is 32.6 Å². The molecule has 0 atom stereocenters.